The molecule has 0 aromatic carbocycles. The molecule has 11 heavy (non-hydrogen) atoms. The molecule has 2 rings (SSSR count). The molecule has 4 heteroatoms. The lowest BCUT2D eigenvalue weighted by Crippen LogP contribution is -1.70. The van der Waals surface area contributed by atoms with Crippen LogP contribution in [0.15, 0.2) is 18.2 Å². The summed E-state index contributed by atoms with van der Waals surface area (Å²) < 4.78 is 1.24. The summed E-state index contributed by atoms with van der Waals surface area (Å²) in [5, 5.41) is 1.74. The second-order valence-corrected chi connectivity index (χ2v) is 5.39. The molecule has 0 unspecified atom stereocenters. The predicted octanol–water partition coefficient (Wildman–Crippen LogP) is 3.55. The van der Waals surface area contributed by atoms with Crippen LogP contribution in [-0.2, 0) is 0 Å². The van der Waals surface area contributed by atoms with E-state index in [0.29, 0.717) is 5.15 Å². The molecule has 0 fully saturated rings. The number of halogens is 2. The van der Waals surface area contributed by atoms with E-state index >= 15 is 0 Å². The first kappa shape index (κ1) is 7.76. The summed E-state index contributed by atoms with van der Waals surface area (Å²) in [6.07, 6.45) is 0. The molecule has 0 aliphatic rings. The SMILES string of the molecule is Clc1ccc2cc(I)sc2n1. The Morgan fingerprint density at radius 1 is 1.45 bits per heavy atom. The number of aromatic nitrogens is 1. The number of hydrogen-bond donors (Lipinski definition) is 0. The second-order valence-electron chi connectivity index (χ2n) is 2.08. The van der Waals surface area contributed by atoms with Gasteiger partial charge in [-0.2, -0.15) is 0 Å². The van der Waals surface area contributed by atoms with Crippen LogP contribution in [0.2, 0.25) is 5.15 Å². The fourth-order valence-corrected chi connectivity index (χ4v) is 2.78. The highest BCUT2D eigenvalue weighted by atomic mass is 127. The summed E-state index contributed by atoms with van der Waals surface area (Å²) >= 11 is 9.66. The molecule has 0 saturated heterocycles. The van der Waals surface area contributed by atoms with Gasteiger partial charge in [0.2, 0.25) is 0 Å². The maximum atomic E-state index is 5.72. The minimum atomic E-state index is 0.566. The fourth-order valence-electron chi connectivity index (χ4n) is 0.864. The van der Waals surface area contributed by atoms with Crippen LogP contribution in [0.3, 0.4) is 0 Å². The number of thiophene rings is 1. The van der Waals surface area contributed by atoms with E-state index in [0.717, 1.165) is 4.83 Å². The Morgan fingerprint density at radius 2 is 2.27 bits per heavy atom. The molecular weight excluding hydrogens is 293 g/mol. The molecule has 0 aliphatic heterocycles. The van der Waals surface area contributed by atoms with E-state index < -0.39 is 0 Å². The van der Waals surface area contributed by atoms with E-state index in [-0.39, 0.29) is 0 Å². The lowest BCUT2D eigenvalue weighted by atomic mass is 10.4. The zero-order valence-corrected chi connectivity index (χ0v) is 9.07. The van der Waals surface area contributed by atoms with Gasteiger partial charge in [-0.3, -0.25) is 0 Å². The Balaban J connectivity index is 2.82. The van der Waals surface area contributed by atoms with Gasteiger partial charge in [-0.05, 0) is 40.8 Å². The van der Waals surface area contributed by atoms with Gasteiger partial charge in [0.25, 0.3) is 0 Å². The molecule has 0 aliphatic carbocycles. The zero-order chi connectivity index (χ0) is 7.84. The fraction of sp³-hybridized carbons (Fsp3) is 0. The molecule has 2 heterocycles. The number of rotatable bonds is 0. The van der Waals surface area contributed by atoms with Gasteiger partial charge in [-0.1, -0.05) is 11.6 Å². The van der Waals surface area contributed by atoms with Crippen LogP contribution in [0.4, 0.5) is 0 Å². The monoisotopic (exact) mass is 295 g/mol. The molecule has 0 spiro atoms. The zero-order valence-electron chi connectivity index (χ0n) is 5.34. The van der Waals surface area contributed by atoms with Crippen molar-refractivity contribution in [3.8, 4) is 0 Å². The average Bonchev–Trinajstić information content (AvgIpc) is 2.27. The highest BCUT2D eigenvalue weighted by Gasteiger charge is 1.99. The number of hydrogen-bond acceptors (Lipinski definition) is 2. The lowest BCUT2D eigenvalue weighted by molar-refractivity contribution is 1.44. The third kappa shape index (κ3) is 1.50. The van der Waals surface area contributed by atoms with Gasteiger partial charge in [0.1, 0.15) is 9.98 Å². The second kappa shape index (κ2) is 2.88. The largest absolute Gasteiger partial charge is 0.225 e. The van der Waals surface area contributed by atoms with Crippen LogP contribution in [-0.4, -0.2) is 4.98 Å². The standard InChI is InChI=1S/C7H3ClINS/c8-5-2-1-4-3-6(9)11-7(4)10-5/h1-3H. The van der Waals surface area contributed by atoms with Crippen LogP contribution in [0.25, 0.3) is 10.2 Å². The first-order chi connectivity index (χ1) is 5.25. The summed E-state index contributed by atoms with van der Waals surface area (Å²) in [5.41, 5.74) is 0. The van der Waals surface area contributed by atoms with Crippen LogP contribution in [0.5, 0.6) is 0 Å². The molecule has 0 N–H and O–H groups in total. The Kier molecular flexibility index (Phi) is 2.03. The highest BCUT2D eigenvalue weighted by molar-refractivity contribution is 14.1. The van der Waals surface area contributed by atoms with E-state index in [9.17, 15) is 0 Å². The highest BCUT2D eigenvalue weighted by Crippen LogP contribution is 2.26. The molecule has 0 amide bonds. The Morgan fingerprint density at radius 3 is 3.09 bits per heavy atom. The smallest absolute Gasteiger partial charge is 0.130 e. The predicted molar refractivity (Wildman–Crippen MR) is 57.3 cm³/mol. The van der Waals surface area contributed by atoms with E-state index in [1.807, 2.05) is 12.1 Å². The molecule has 0 saturated carbocycles. The minimum Gasteiger partial charge on any atom is -0.225 e. The summed E-state index contributed by atoms with van der Waals surface area (Å²) in [6, 6.07) is 5.90. The number of pyridine rings is 1. The van der Waals surface area contributed by atoms with Crippen LogP contribution in [0, 0.1) is 2.88 Å². The Bertz CT molecular complexity index is 398. The van der Waals surface area contributed by atoms with Gasteiger partial charge >= 0.3 is 0 Å². The van der Waals surface area contributed by atoms with Crippen molar-refractivity contribution in [1.29, 1.82) is 0 Å². The van der Waals surface area contributed by atoms with Gasteiger partial charge < -0.3 is 0 Å². The van der Waals surface area contributed by atoms with Crippen molar-refractivity contribution in [2.75, 3.05) is 0 Å². The maximum absolute atomic E-state index is 5.72. The Hall–Kier alpha value is 0.130. The molecule has 56 valence electrons. The quantitative estimate of drug-likeness (QED) is 0.535. The lowest BCUT2D eigenvalue weighted by Gasteiger charge is -1.87. The van der Waals surface area contributed by atoms with E-state index in [4.69, 9.17) is 11.6 Å². The van der Waals surface area contributed by atoms with Gasteiger partial charge in [0, 0.05) is 5.39 Å². The number of nitrogens with zero attached hydrogens (tertiary/aromatic N) is 1. The molecule has 2 aromatic rings. The summed E-state index contributed by atoms with van der Waals surface area (Å²) in [4.78, 5) is 5.19. The first-order valence-corrected chi connectivity index (χ1v) is 5.24. The van der Waals surface area contributed by atoms with Crippen LogP contribution >= 0.6 is 45.5 Å². The number of fused-ring (bicyclic) bond motifs is 1. The van der Waals surface area contributed by atoms with Crippen molar-refractivity contribution in [3.05, 3.63) is 26.2 Å². The molecule has 0 bridgehead atoms. The van der Waals surface area contributed by atoms with Crippen molar-refractivity contribution in [3.63, 3.8) is 0 Å². The third-order valence-electron chi connectivity index (χ3n) is 1.32. The first-order valence-electron chi connectivity index (χ1n) is 2.97. The van der Waals surface area contributed by atoms with Crippen molar-refractivity contribution in [2.45, 2.75) is 0 Å². The van der Waals surface area contributed by atoms with Gasteiger partial charge in [0.15, 0.2) is 0 Å². The van der Waals surface area contributed by atoms with E-state index in [1.165, 1.54) is 8.27 Å². The normalized spacial score (nSPS) is 10.7. The molecule has 2 aromatic heterocycles. The maximum Gasteiger partial charge on any atom is 0.130 e. The summed E-state index contributed by atoms with van der Waals surface area (Å²) in [7, 11) is 0. The minimum absolute atomic E-state index is 0.566. The average molecular weight is 296 g/mol. The summed E-state index contributed by atoms with van der Waals surface area (Å²) in [6.45, 7) is 0. The molecule has 0 atom stereocenters. The van der Waals surface area contributed by atoms with Crippen LogP contribution in [0.1, 0.15) is 0 Å². The van der Waals surface area contributed by atoms with Gasteiger partial charge in [-0.25, -0.2) is 4.98 Å². The molecule has 0 radical (unpaired) electrons. The van der Waals surface area contributed by atoms with Crippen molar-refractivity contribution in [2.24, 2.45) is 0 Å². The third-order valence-corrected chi connectivity index (χ3v) is 3.33. The topological polar surface area (TPSA) is 12.9 Å². The molecule has 1 nitrogen and oxygen atoms in total. The summed E-state index contributed by atoms with van der Waals surface area (Å²) in [5.74, 6) is 0. The van der Waals surface area contributed by atoms with Crippen molar-refractivity contribution >= 4 is 55.7 Å². The van der Waals surface area contributed by atoms with Crippen molar-refractivity contribution in [1.82, 2.24) is 4.98 Å². The van der Waals surface area contributed by atoms with Crippen molar-refractivity contribution < 1.29 is 0 Å². The van der Waals surface area contributed by atoms with Gasteiger partial charge in [-0.15, -0.1) is 11.3 Å². The van der Waals surface area contributed by atoms with Gasteiger partial charge in [0.05, 0.1) is 2.88 Å². The Labute approximate surface area is 86.5 Å². The van der Waals surface area contributed by atoms with E-state index in [2.05, 4.69) is 33.6 Å². The van der Waals surface area contributed by atoms with Crippen LogP contribution < -0.4 is 0 Å². The molecular formula is C7H3ClINS. The van der Waals surface area contributed by atoms with E-state index in [1.54, 1.807) is 11.3 Å².